The zero-order valence-corrected chi connectivity index (χ0v) is 17.0. The lowest BCUT2D eigenvalue weighted by Gasteiger charge is -2.31. The van der Waals surface area contributed by atoms with Gasteiger partial charge in [-0.2, -0.15) is 0 Å². The average molecular weight is 380 g/mol. The Morgan fingerprint density at radius 1 is 1.00 bits per heavy atom. The van der Waals surface area contributed by atoms with Gasteiger partial charge in [-0.1, -0.05) is 43.3 Å². The minimum atomic E-state index is -0.388. The monoisotopic (exact) mass is 379 g/mol. The fraction of sp³-hybridized carbons (Fsp3) is 0.500. The van der Waals surface area contributed by atoms with Crippen molar-refractivity contribution in [3.8, 4) is 0 Å². The lowest BCUT2D eigenvalue weighted by molar-refractivity contribution is 0.151. The fourth-order valence-electron chi connectivity index (χ4n) is 4.64. The minimum Gasteiger partial charge on any atom is -0.390 e. The van der Waals surface area contributed by atoms with Crippen LogP contribution >= 0.6 is 0 Å². The summed E-state index contributed by atoms with van der Waals surface area (Å²) < 4.78 is 2.26. The maximum atomic E-state index is 10.7. The van der Waals surface area contributed by atoms with E-state index in [1.54, 1.807) is 0 Å². The van der Waals surface area contributed by atoms with Crippen LogP contribution in [0.4, 0.5) is 0 Å². The number of piperidine rings is 1. The van der Waals surface area contributed by atoms with Gasteiger partial charge < -0.3 is 19.9 Å². The second kappa shape index (κ2) is 9.08. The van der Waals surface area contributed by atoms with Gasteiger partial charge in [-0.3, -0.25) is 0 Å². The van der Waals surface area contributed by atoms with E-state index in [2.05, 4.69) is 70.2 Å². The summed E-state index contributed by atoms with van der Waals surface area (Å²) in [6, 6.07) is 17.0. The number of benzene rings is 2. The quantitative estimate of drug-likeness (QED) is 0.584. The lowest BCUT2D eigenvalue weighted by atomic mass is 9.93. The molecular formula is C24H33N3O. The van der Waals surface area contributed by atoms with Gasteiger partial charge in [0.05, 0.1) is 12.6 Å². The van der Waals surface area contributed by atoms with Gasteiger partial charge >= 0.3 is 0 Å². The van der Waals surface area contributed by atoms with E-state index >= 15 is 0 Å². The molecule has 1 fully saturated rings. The number of aliphatic hydroxyl groups is 1. The van der Waals surface area contributed by atoms with Crippen LogP contribution in [-0.4, -0.2) is 53.4 Å². The molecule has 0 radical (unpaired) electrons. The molecule has 0 spiro atoms. The average Bonchev–Trinajstić information content (AvgIpc) is 3.06. The topological polar surface area (TPSA) is 40.4 Å². The summed E-state index contributed by atoms with van der Waals surface area (Å²) in [5.74, 6) is 0.838. The summed E-state index contributed by atoms with van der Waals surface area (Å²) in [5.41, 5.74) is 2.40. The van der Waals surface area contributed by atoms with Crippen molar-refractivity contribution in [1.82, 2.24) is 14.8 Å². The van der Waals surface area contributed by atoms with Gasteiger partial charge in [0, 0.05) is 28.4 Å². The molecule has 1 atom stereocenters. The van der Waals surface area contributed by atoms with Gasteiger partial charge in [-0.05, 0) is 63.5 Å². The molecule has 4 nitrogen and oxygen atoms in total. The molecule has 1 aromatic heterocycles. The van der Waals surface area contributed by atoms with E-state index in [0.717, 1.165) is 12.5 Å². The predicted octanol–water partition coefficient (Wildman–Crippen LogP) is 3.87. The third-order valence-electron chi connectivity index (χ3n) is 6.34. The van der Waals surface area contributed by atoms with Crippen LogP contribution < -0.4 is 5.32 Å². The van der Waals surface area contributed by atoms with Crippen molar-refractivity contribution < 1.29 is 5.11 Å². The van der Waals surface area contributed by atoms with Gasteiger partial charge in [0.2, 0.25) is 0 Å². The second-order valence-corrected chi connectivity index (χ2v) is 8.17. The van der Waals surface area contributed by atoms with Gasteiger partial charge in [-0.25, -0.2) is 0 Å². The third-order valence-corrected chi connectivity index (χ3v) is 6.34. The van der Waals surface area contributed by atoms with Crippen molar-refractivity contribution >= 4 is 21.8 Å². The Labute approximate surface area is 168 Å². The molecule has 1 aliphatic rings. The van der Waals surface area contributed by atoms with E-state index < -0.39 is 0 Å². The van der Waals surface area contributed by atoms with Gasteiger partial charge in [0.15, 0.2) is 0 Å². The standard InChI is InChI=1S/C24H33N3O/c1-2-26-15-12-19(13-16-26)11-14-25-17-20(28)18-27-23-9-5-3-7-21(23)22-8-4-6-10-24(22)27/h3-10,19-20,25,28H,2,11-18H2,1H3. The van der Waals surface area contributed by atoms with Crippen molar-refractivity contribution in [2.24, 2.45) is 5.92 Å². The molecule has 4 rings (SSSR count). The van der Waals surface area contributed by atoms with Crippen LogP contribution in [0.1, 0.15) is 26.2 Å². The van der Waals surface area contributed by atoms with Crippen molar-refractivity contribution in [3.05, 3.63) is 48.5 Å². The highest BCUT2D eigenvalue weighted by Crippen LogP contribution is 2.28. The normalized spacial score (nSPS) is 17.5. The second-order valence-electron chi connectivity index (χ2n) is 8.17. The van der Waals surface area contributed by atoms with Crippen molar-refractivity contribution in [1.29, 1.82) is 0 Å². The SMILES string of the molecule is CCN1CCC(CCNCC(O)Cn2c3ccccc3c3ccccc32)CC1. The molecule has 2 heterocycles. The van der Waals surface area contributed by atoms with Crippen LogP contribution in [0.2, 0.25) is 0 Å². The molecule has 0 aliphatic carbocycles. The number of rotatable bonds is 8. The highest BCUT2D eigenvalue weighted by Gasteiger charge is 2.18. The number of hydrogen-bond acceptors (Lipinski definition) is 3. The van der Waals surface area contributed by atoms with Crippen LogP contribution in [0.25, 0.3) is 21.8 Å². The van der Waals surface area contributed by atoms with Crippen LogP contribution in [0.5, 0.6) is 0 Å². The van der Waals surface area contributed by atoms with Crippen LogP contribution in [0, 0.1) is 5.92 Å². The molecule has 150 valence electrons. The zero-order valence-electron chi connectivity index (χ0n) is 17.0. The smallest absolute Gasteiger partial charge is 0.0843 e. The molecule has 1 saturated heterocycles. The van der Waals surface area contributed by atoms with Gasteiger partial charge in [-0.15, -0.1) is 0 Å². The van der Waals surface area contributed by atoms with E-state index in [0.29, 0.717) is 13.1 Å². The molecule has 28 heavy (non-hydrogen) atoms. The summed E-state index contributed by atoms with van der Waals surface area (Å²) in [7, 11) is 0. The predicted molar refractivity (Wildman–Crippen MR) is 118 cm³/mol. The summed E-state index contributed by atoms with van der Waals surface area (Å²) in [6.07, 6.45) is 3.47. The number of hydrogen-bond donors (Lipinski definition) is 2. The first-order valence-electron chi connectivity index (χ1n) is 10.8. The van der Waals surface area contributed by atoms with Crippen LogP contribution in [-0.2, 0) is 6.54 Å². The number of aliphatic hydroxyl groups excluding tert-OH is 1. The molecule has 4 heteroatoms. The van der Waals surface area contributed by atoms with E-state index in [-0.39, 0.29) is 6.10 Å². The van der Waals surface area contributed by atoms with E-state index in [1.807, 2.05) is 0 Å². The van der Waals surface area contributed by atoms with E-state index in [1.165, 1.54) is 60.7 Å². The molecule has 2 N–H and O–H groups in total. The Balaban J connectivity index is 1.31. The third kappa shape index (κ3) is 4.24. The zero-order chi connectivity index (χ0) is 19.3. The van der Waals surface area contributed by atoms with Crippen molar-refractivity contribution in [2.75, 3.05) is 32.7 Å². The molecular weight excluding hydrogens is 346 g/mol. The van der Waals surface area contributed by atoms with Gasteiger partial charge in [0.25, 0.3) is 0 Å². The largest absolute Gasteiger partial charge is 0.390 e. The highest BCUT2D eigenvalue weighted by molar-refractivity contribution is 6.07. The number of nitrogens with zero attached hydrogens (tertiary/aromatic N) is 2. The minimum absolute atomic E-state index is 0.388. The Morgan fingerprint density at radius 2 is 1.61 bits per heavy atom. The molecule has 1 aliphatic heterocycles. The molecule has 3 aromatic rings. The first-order valence-corrected chi connectivity index (χ1v) is 10.8. The van der Waals surface area contributed by atoms with Crippen LogP contribution in [0.15, 0.2) is 48.5 Å². The summed E-state index contributed by atoms with van der Waals surface area (Å²) >= 11 is 0. The molecule has 0 bridgehead atoms. The first-order chi connectivity index (χ1) is 13.8. The lowest BCUT2D eigenvalue weighted by Crippen LogP contribution is -2.35. The van der Waals surface area contributed by atoms with Crippen molar-refractivity contribution in [3.63, 3.8) is 0 Å². The summed E-state index contributed by atoms with van der Waals surface area (Å²) in [4.78, 5) is 2.54. The van der Waals surface area contributed by atoms with E-state index in [4.69, 9.17) is 0 Å². The van der Waals surface area contributed by atoms with Crippen molar-refractivity contribution in [2.45, 2.75) is 38.8 Å². The van der Waals surface area contributed by atoms with Gasteiger partial charge in [0.1, 0.15) is 0 Å². The van der Waals surface area contributed by atoms with Crippen LogP contribution in [0.3, 0.4) is 0 Å². The Morgan fingerprint density at radius 3 is 2.21 bits per heavy atom. The molecule has 2 aromatic carbocycles. The Kier molecular flexibility index (Phi) is 6.30. The summed E-state index contributed by atoms with van der Waals surface area (Å²) in [6.45, 7) is 8.20. The number of fused-ring (bicyclic) bond motifs is 3. The fourth-order valence-corrected chi connectivity index (χ4v) is 4.64. The summed E-state index contributed by atoms with van der Waals surface area (Å²) in [5, 5.41) is 16.7. The molecule has 1 unspecified atom stereocenters. The number of para-hydroxylation sites is 2. The Bertz CT molecular complexity index is 842. The maximum Gasteiger partial charge on any atom is 0.0843 e. The maximum absolute atomic E-state index is 10.7. The number of likely N-dealkylation sites (tertiary alicyclic amines) is 1. The first kappa shape index (κ1) is 19.4. The van der Waals surface area contributed by atoms with E-state index in [9.17, 15) is 5.11 Å². The number of nitrogens with one attached hydrogen (secondary N) is 1. The Hall–Kier alpha value is -1.88. The molecule has 0 amide bonds. The highest BCUT2D eigenvalue weighted by atomic mass is 16.3. The number of aromatic nitrogens is 1. The molecule has 0 saturated carbocycles.